The van der Waals surface area contributed by atoms with E-state index in [1.165, 1.54) is 10.4 Å². The number of hydrogen-bond acceptors (Lipinski definition) is 3. The Morgan fingerprint density at radius 2 is 2.00 bits per heavy atom. The van der Waals surface area contributed by atoms with Crippen LogP contribution in [0.4, 0.5) is 5.69 Å². The Morgan fingerprint density at radius 3 is 2.62 bits per heavy atom. The van der Waals surface area contributed by atoms with E-state index in [4.69, 9.17) is 11.5 Å². The van der Waals surface area contributed by atoms with Crippen molar-refractivity contribution in [2.75, 3.05) is 5.73 Å². The van der Waals surface area contributed by atoms with Crippen LogP contribution in [0.1, 0.15) is 22.0 Å². The van der Waals surface area contributed by atoms with Gasteiger partial charge in [-0.2, -0.15) is 0 Å². The normalized spacial score (nSPS) is 12.6. The highest BCUT2D eigenvalue weighted by Gasteiger charge is 2.12. The number of nitrogen functional groups attached to an aromatic ring is 1. The topological polar surface area (TPSA) is 52.0 Å². The van der Waals surface area contributed by atoms with Gasteiger partial charge in [-0.15, -0.1) is 11.3 Å². The molecule has 0 saturated carbocycles. The highest BCUT2D eigenvalue weighted by Crippen LogP contribution is 2.26. The first-order valence-corrected chi connectivity index (χ1v) is 6.19. The summed E-state index contributed by atoms with van der Waals surface area (Å²) in [5.74, 6) is 0. The first kappa shape index (κ1) is 11.2. The van der Waals surface area contributed by atoms with E-state index in [2.05, 4.69) is 18.4 Å². The number of rotatable bonds is 3. The molecule has 0 radical (unpaired) electrons. The van der Waals surface area contributed by atoms with Crippen LogP contribution in [0.25, 0.3) is 0 Å². The molecule has 16 heavy (non-hydrogen) atoms. The average molecular weight is 232 g/mol. The monoisotopic (exact) mass is 232 g/mol. The van der Waals surface area contributed by atoms with Crippen molar-refractivity contribution in [3.8, 4) is 0 Å². The second kappa shape index (κ2) is 4.68. The molecule has 2 aromatic rings. The molecule has 1 heterocycles. The summed E-state index contributed by atoms with van der Waals surface area (Å²) in [5.41, 5.74) is 15.3. The molecule has 0 spiro atoms. The Bertz CT molecular complexity index is 476. The number of anilines is 1. The summed E-state index contributed by atoms with van der Waals surface area (Å²) < 4.78 is 0. The molecule has 0 aliphatic carbocycles. The van der Waals surface area contributed by atoms with E-state index in [0.717, 1.165) is 17.7 Å². The predicted octanol–water partition coefficient (Wildman–Crippen LogP) is 2.88. The third-order valence-electron chi connectivity index (χ3n) is 2.73. The largest absolute Gasteiger partial charge is 0.399 e. The molecule has 0 unspecified atom stereocenters. The molecule has 4 N–H and O–H groups in total. The quantitative estimate of drug-likeness (QED) is 0.799. The minimum absolute atomic E-state index is 0.0460. The van der Waals surface area contributed by atoms with Crippen LogP contribution in [-0.2, 0) is 6.42 Å². The summed E-state index contributed by atoms with van der Waals surface area (Å²) in [6.45, 7) is 2.10. The van der Waals surface area contributed by atoms with Gasteiger partial charge in [0.2, 0.25) is 0 Å². The second-order valence-electron chi connectivity index (χ2n) is 3.98. The molecule has 1 aromatic heterocycles. The van der Waals surface area contributed by atoms with Crippen LogP contribution in [0.15, 0.2) is 35.7 Å². The fourth-order valence-electron chi connectivity index (χ4n) is 1.81. The minimum Gasteiger partial charge on any atom is -0.399 e. The Kier molecular flexibility index (Phi) is 3.27. The van der Waals surface area contributed by atoms with E-state index in [-0.39, 0.29) is 6.04 Å². The fraction of sp³-hybridized carbons (Fsp3) is 0.231. The third-order valence-corrected chi connectivity index (χ3v) is 3.88. The predicted molar refractivity (Wildman–Crippen MR) is 70.5 cm³/mol. The number of hydrogen-bond donors (Lipinski definition) is 2. The molecule has 84 valence electrons. The Balaban J connectivity index is 2.17. The third kappa shape index (κ3) is 2.26. The van der Waals surface area contributed by atoms with Crippen molar-refractivity contribution in [1.82, 2.24) is 0 Å². The lowest BCUT2D eigenvalue weighted by molar-refractivity contribution is 0.733. The Labute approximate surface area is 99.9 Å². The number of para-hydroxylation sites is 1. The number of thiophene rings is 1. The molecule has 0 aliphatic heterocycles. The summed E-state index contributed by atoms with van der Waals surface area (Å²) in [6.07, 6.45) is 0.800. The van der Waals surface area contributed by atoms with E-state index in [0.29, 0.717) is 0 Å². The van der Waals surface area contributed by atoms with Gasteiger partial charge in [-0.3, -0.25) is 0 Å². The van der Waals surface area contributed by atoms with Crippen molar-refractivity contribution < 1.29 is 0 Å². The molecule has 0 fully saturated rings. The van der Waals surface area contributed by atoms with Gasteiger partial charge >= 0.3 is 0 Å². The van der Waals surface area contributed by atoms with E-state index in [1.54, 1.807) is 11.3 Å². The molecule has 3 heteroatoms. The zero-order valence-corrected chi connectivity index (χ0v) is 10.1. The van der Waals surface area contributed by atoms with Crippen molar-refractivity contribution >= 4 is 17.0 Å². The zero-order chi connectivity index (χ0) is 11.5. The van der Waals surface area contributed by atoms with Gasteiger partial charge in [0.05, 0.1) is 0 Å². The van der Waals surface area contributed by atoms with E-state index >= 15 is 0 Å². The fourth-order valence-corrected chi connectivity index (χ4v) is 2.74. The Morgan fingerprint density at radius 1 is 1.25 bits per heavy atom. The summed E-state index contributed by atoms with van der Waals surface area (Å²) in [7, 11) is 0. The van der Waals surface area contributed by atoms with Crippen LogP contribution in [-0.4, -0.2) is 0 Å². The molecule has 2 nitrogen and oxygen atoms in total. The van der Waals surface area contributed by atoms with Crippen molar-refractivity contribution in [2.45, 2.75) is 19.4 Å². The second-order valence-corrected chi connectivity index (χ2v) is 4.92. The lowest BCUT2D eigenvalue weighted by atomic mass is 10.0. The van der Waals surface area contributed by atoms with Gasteiger partial charge in [-0.25, -0.2) is 0 Å². The van der Waals surface area contributed by atoms with Gasteiger partial charge < -0.3 is 11.5 Å². The molecule has 0 bridgehead atoms. The van der Waals surface area contributed by atoms with Crippen molar-refractivity contribution in [3.05, 3.63) is 51.7 Å². The lowest BCUT2D eigenvalue weighted by Crippen LogP contribution is -2.13. The maximum Gasteiger partial charge on any atom is 0.0434 e. The van der Waals surface area contributed by atoms with E-state index in [9.17, 15) is 0 Å². The number of benzene rings is 1. The van der Waals surface area contributed by atoms with Crippen LogP contribution < -0.4 is 11.5 Å². The minimum atomic E-state index is 0.0460. The lowest BCUT2D eigenvalue weighted by Gasteiger charge is -2.12. The summed E-state index contributed by atoms with van der Waals surface area (Å²) >= 11 is 1.72. The molecule has 1 aromatic carbocycles. The number of nitrogens with two attached hydrogens (primary N) is 2. The van der Waals surface area contributed by atoms with Gasteiger partial charge in [0.1, 0.15) is 0 Å². The molecular weight excluding hydrogens is 216 g/mol. The van der Waals surface area contributed by atoms with Crippen molar-refractivity contribution in [3.63, 3.8) is 0 Å². The van der Waals surface area contributed by atoms with Crippen molar-refractivity contribution in [1.29, 1.82) is 0 Å². The molecule has 0 amide bonds. The van der Waals surface area contributed by atoms with E-state index < -0.39 is 0 Å². The summed E-state index contributed by atoms with van der Waals surface area (Å²) in [4.78, 5) is 1.25. The van der Waals surface area contributed by atoms with Crippen LogP contribution in [0.3, 0.4) is 0 Å². The van der Waals surface area contributed by atoms with Crippen LogP contribution in [0.2, 0.25) is 0 Å². The van der Waals surface area contributed by atoms with Crippen LogP contribution >= 0.6 is 11.3 Å². The van der Waals surface area contributed by atoms with Gasteiger partial charge in [-0.1, -0.05) is 18.2 Å². The molecule has 0 saturated heterocycles. The van der Waals surface area contributed by atoms with Gasteiger partial charge in [0.15, 0.2) is 0 Å². The first-order chi connectivity index (χ1) is 7.68. The van der Waals surface area contributed by atoms with Crippen molar-refractivity contribution in [2.24, 2.45) is 5.73 Å². The molecular formula is C13H16N2S. The maximum atomic E-state index is 6.20. The van der Waals surface area contributed by atoms with Gasteiger partial charge in [0.25, 0.3) is 0 Å². The Hall–Kier alpha value is -1.32. The summed E-state index contributed by atoms with van der Waals surface area (Å²) in [5, 5.41) is 2.08. The van der Waals surface area contributed by atoms with Gasteiger partial charge in [-0.05, 0) is 42.0 Å². The first-order valence-electron chi connectivity index (χ1n) is 5.31. The zero-order valence-electron chi connectivity index (χ0n) is 9.31. The molecule has 1 atom stereocenters. The highest BCUT2D eigenvalue weighted by molar-refractivity contribution is 7.10. The smallest absolute Gasteiger partial charge is 0.0434 e. The van der Waals surface area contributed by atoms with Gasteiger partial charge in [0, 0.05) is 16.6 Å². The van der Waals surface area contributed by atoms with E-state index in [1.807, 2.05) is 24.3 Å². The maximum absolute atomic E-state index is 6.20. The van der Waals surface area contributed by atoms with Crippen LogP contribution in [0, 0.1) is 6.92 Å². The molecule has 2 rings (SSSR count). The standard InChI is InChI=1S/C13H16N2S/c1-9-6-7-16-13(9)12(15)8-10-4-2-3-5-11(10)14/h2-7,12H,8,14-15H2,1H3/t12-/m0/s1. The molecule has 0 aliphatic rings. The average Bonchev–Trinajstić information content (AvgIpc) is 2.68. The SMILES string of the molecule is Cc1ccsc1[C@@H](N)Cc1ccccc1N. The van der Waals surface area contributed by atoms with Crippen LogP contribution in [0.5, 0.6) is 0 Å². The highest BCUT2D eigenvalue weighted by atomic mass is 32.1. The summed E-state index contributed by atoms with van der Waals surface area (Å²) in [6, 6.07) is 10.1. The number of aryl methyl sites for hydroxylation is 1.